The molecule has 1 aromatic heterocycles. The van der Waals surface area contributed by atoms with E-state index in [9.17, 15) is 0 Å². The van der Waals surface area contributed by atoms with Crippen LogP contribution in [0.15, 0.2) is 89.0 Å². The van der Waals surface area contributed by atoms with Crippen LogP contribution >= 0.6 is 0 Å². The van der Waals surface area contributed by atoms with Gasteiger partial charge < -0.3 is 0 Å². The maximum atomic E-state index is 5.17. The zero-order valence-corrected chi connectivity index (χ0v) is 17.3. The monoisotopic (exact) mass is 389 g/mol. The summed E-state index contributed by atoms with van der Waals surface area (Å²) in [4.78, 5) is 14.6. The first kappa shape index (κ1) is 18.4. The molecule has 3 heteroatoms. The van der Waals surface area contributed by atoms with Gasteiger partial charge in [-0.2, -0.15) is 0 Å². The third kappa shape index (κ3) is 3.22. The Balaban J connectivity index is 1.64. The van der Waals surface area contributed by atoms with E-state index >= 15 is 0 Å². The van der Waals surface area contributed by atoms with Crippen molar-refractivity contribution in [3.63, 3.8) is 0 Å². The predicted molar refractivity (Wildman–Crippen MR) is 125 cm³/mol. The number of hydrogen-bond acceptors (Lipinski definition) is 3. The molecule has 1 aliphatic carbocycles. The molecule has 5 rings (SSSR count). The molecular weight excluding hydrogens is 366 g/mol. The highest BCUT2D eigenvalue weighted by atomic mass is 14.8. The Hall–Kier alpha value is -3.59. The lowest BCUT2D eigenvalue weighted by Crippen LogP contribution is -2.12. The van der Waals surface area contributed by atoms with Crippen molar-refractivity contribution in [1.82, 2.24) is 4.98 Å². The summed E-state index contributed by atoms with van der Waals surface area (Å²) in [5, 5.41) is 2.48. The third-order valence-electron chi connectivity index (χ3n) is 5.67. The zero-order valence-electron chi connectivity index (χ0n) is 17.3. The Bertz CT molecular complexity index is 1280. The molecule has 4 aromatic rings. The summed E-state index contributed by atoms with van der Waals surface area (Å²) in [5.41, 5.74) is 8.76. The first-order valence-electron chi connectivity index (χ1n) is 10.3. The number of aromatic nitrogens is 1. The van der Waals surface area contributed by atoms with Crippen LogP contribution in [-0.2, 0) is 6.42 Å². The second-order valence-electron chi connectivity index (χ2n) is 7.71. The molecule has 1 heterocycles. The lowest BCUT2D eigenvalue weighted by Gasteiger charge is -2.08. The Labute approximate surface area is 176 Å². The van der Waals surface area contributed by atoms with Gasteiger partial charge in [0.05, 0.1) is 17.1 Å². The smallest absolute Gasteiger partial charge is 0.0974 e. The Morgan fingerprint density at radius 3 is 2.13 bits per heavy atom. The molecule has 0 aliphatic heterocycles. The van der Waals surface area contributed by atoms with Crippen molar-refractivity contribution in [2.45, 2.75) is 20.3 Å². The fourth-order valence-electron chi connectivity index (χ4n) is 4.19. The van der Waals surface area contributed by atoms with E-state index in [0.717, 1.165) is 29.2 Å². The molecular formula is C27H23N3. The van der Waals surface area contributed by atoms with Gasteiger partial charge in [-0.15, -0.1) is 0 Å². The van der Waals surface area contributed by atoms with Crippen molar-refractivity contribution >= 4 is 27.9 Å². The van der Waals surface area contributed by atoms with Crippen LogP contribution in [0.3, 0.4) is 0 Å². The van der Waals surface area contributed by atoms with Crippen molar-refractivity contribution in [3.05, 3.63) is 107 Å². The van der Waals surface area contributed by atoms with E-state index in [-0.39, 0.29) is 0 Å². The van der Waals surface area contributed by atoms with Crippen LogP contribution in [0.1, 0.15) is 27.9 Å². The van der Waals surface area contributed by atoms with Gasteiger partial charge in [0.25, 0.3) is 0 Å². The highest BCUT2D eigenvalue weighted by molar-refractivity contribution is 6.61. The highest BCUT2D eigenvalue weighted by Gasteiger charge is 2.27. The van der Waals surface area contributed by atoms with Gasteiger partial charge in [-0.25, -0.2) is 4.99 Å². The second kappa shape index (κ2) is 7.68. The van der Waals surface area contributed by atoms with Crippen LogP contribution < -0.4 is 0 Å². The van der Waals surface area contributed by atoms with Crippen LogP contribution in [0.25, 0.3) is 10.8 Å². The van der Waals surface area contributed by atoms with E-state index in [4.69, 9.17) is 9.98 Å². The number of benzene rings is 3. The summed E-state index contributed by atoms with van der Waals surface area (Å²) in [7, 11) is 0. The number of aliphatic imine (C=N–C) groups is 2. The van der Waals surface area contributed by atoms with Crippen LogP contribution in [0.5, 0.6) is 0 Å². The minimum atomic E-state index is 0.683. The molecule has 1 aliphatic rings. The molecule has 0 N–H and O–H groups in total. The SMILES string of the molecule is Cc1cccc(C)c1N=C1C(=NCCc2ccccn2)c2cccc3cccc1c23. The van der Waals surface area contributed by atoms with Crippen LogP contribution in [0, 0.1) is 13.8 Å². The van der Waals surface area contributed by atoms with Crippen LogP contribution in [0.4, 0.5) is 5.69 Å². The van der Waals surface area contributed by atoms with Gasteiger partial charge in [-0.1, -0.05) is 60.7 Å². The van der Waals surface area contributed by atoms with Crippen molar-refractivity contribution in [1.29, 1.82) is 0 Å². The molecule has 3 aromatic carbocycles. The van der Waals surface area contributed by atoms with Gasteiger partial charge in [0.2, 0.25) is 0 Å². The average Bonchev–Trinajstić information content (AvgIpc) is 3.06. The Morgan fingerprint density at radius 2 is 1.43 bits per heavy atom. The van der Waals surface area contributed by atoms with Crippen molar-refractivity contribution in [2.75, 3.05) is 6.54 Å². The number of aryl methyl sites for hydroxylation is 2. The standard InChI is InChI=1S/C27H23N3/c1-18-8-5-9-19(2)25(18)30-27-23-14-7-11-20-10-6-13-22(24(20)23)26(27)29-17-15-21-12-3-4-16-28-21/h3-14,16H,15,17H2,1-2H3. The molecule has 0 atom stereocenters. The van der Waals surface area contributed by atoms with E-state index in [0.29, 0.717) is 6.54 Å². The lowest BCUT2D eigenvalue weighted by molar-refractivity contribution is 0.925. The Morgan fingerprint density at radius 1 is 0.733 bits per heavy atom. The summed E-state index contributed by atoms with van der Waals surface area (Å²) >= 11 is 0. The van der Waals surface area contributed by atoms with E-state index < -0.39 is 0 Å². The van der Waals surface area contributed by atoms with Crippen molar-refractivity contribution in [3.8, 4) is 0 Å². The summed E-state index contributed by atoms with van der Waals surface area (Å²) in [6, 6.07) is 25.2. The summed E-state index contributed by atoms with van der Waals surface area (Å²) in [6.45, 7) is 4.92. The van der Waals surface area contributed by atoms with Crippen molar-refractivity contribution in [2.24, 2.45) is 9.98 Å². The largest absolute Gasteiger partial charge is 0.282 e. The molecule has 0 saturated heterocycles. The fourth-order valence-corrected chi connectivity index (χ4v) is 4.19. The van der Waals surface area contributed by atoms with E-state index in [1.807, 2.05) is 18.3 Å². The molecule has 146 valence electrons. The van der Waals surface area contributed by atoms with Gasteiger partial charge in [0.1, 0.15) is 0 Å². The number of pyridine rings is 1. The lowest BCUT2D eigenvalue weighted by atomic mass is 10.1. The maximum absolute atomic E-state index is 5.17. The molecule has 0 unspecified atom stereocenters. The molecule has 0 amide bonds. The minimum Gasteiger partial charge on any atom is -0.282 e. The first-order chi connectivity index (χ1) is 14.7. The summed E-state index contributed by atoms with van der Waals surface area (Å²) in [5.74, 6) is 0. The zero-order chi connectivity index (χ0) is 20.5. The van der Waals surface area contributed by atoms with Gasteiger partial charge in [0, 0.05) is 41.4 Å². The van der Waals surface area contributed by atoms with Crippen LogP contribution in [-0.4, -0.2) is 23.0 Å². The number of nitrogens with zero attached hydrogens (tertiary/aromatic N) is 3. The van der Waals surface area contributed by atoms with E-state index in [1.165, 1.54) is 33.0 Å². The quantitative estimate of drug-likeness (QED) is 0.421. The van der Waals surface area contributed by atoms with E-state index in [1.54, 1.807) is 0 Å². The number of rotatable bonds is 4. The van der Waals surface area contributed by atoms with Crippen LogP contribution in [0.2, 0.25) is 0 Å². The summed E-state index contributed by atoms with van der Waals surface area (Å²) < 4.78 is 0. The van der Waals surface area contributed by atoms with Gasteiger partial charge in [-0.3, -0.25) is 9.98 Å². The predicted octanol–water partition coefficient (Wildman–Crippen LogP) is 6.02. The average molecular weight is 390 g/mol. The third-order valence-corrected chi connectivity index (χ3v) is 5.67. The number of hydrogen-bond donors (Lipinski definition) is 0. The molecule has 3 nitrogen and oxygen atoms in total. The molecule has 0 fully saturated rings. The minimum absolute atomic E-state index is 0.683. The molecule has 0 radical (unpaired) electrons. The number of para-hydroxylation sites is 1. The van der Waals surface area contributed by atoms with Crippen molar-refractivity contribution < 1.29 is 0 Å². The Kier molecular flexibility index (Phi) is 4.72. The second-order valence-corrected chi connectivity index (χ2v) is 7.71. The van der Waals surface area contributed by atoms with E-state index in [2.05, 4.69) is 79.5 Å². The first-order valence-corrected chi connectivity index (χ1v) is 10.3. The van der Waals surface area contributed by atoms with Gasteiger partial charge >= 0.3 is 0 Å². The van der Waals surface area contributed by atoms with Gasteiger partial charge in [0.15, 0.2) is 0 Å². The topological polar surface area (TPSA) is 37.6 Å². The maximum Gasteiger partial charge on any atom is 0.0974 e. The highest BCUT2D eigenvalue weighted by Crippen LogP contribution is 2.34. The molecule has 0 spiro atoms. The fraction of sp³-hybridized carbons (Fsp3) is 0.148. The molecule has 0 saturated carbocycles. The molecule has 0 bridgehead atoms. The molecule has 30 heavy (non-hydrogen) atoms. The van der Waals surface area contributed by atoms with Gasteiger partial charge in [-0.05, 0) is 42.5 Å². The summed E-state index contributed by atoms with van der Waals surface area (Å²) in [6.07, 6.45) is 2.65. The normalized spacial score (nSPS) is 15.4.